The highest BCUT2D eigenvalue weighted by Crippen LogP contribution is 2.34. The minimum Gasteiger partial charge on any atom is -0.373 e. The van der Waals surface area contributed by atoms with E-state index in [4.69, 9.17) is 4.74 Å². The molecule has 2 aliphatic heterocycles. The molecule has 0 spiro atoms. The number of hydrogen-bond donors (Lipinski definition) is 2. The molecular formula is C24H29IN6O. The SMILES string of the molecule is CN=C(NCc1ccccc1-c1ccc(Cn2cncn2)cc1)NC1CC2CCC1O2.I. The van der Waals surface area contributed by atoms with Gasteiger partial charge in [0.15, 0.2) is 5.96 Å². The molecule has 7 nitrogen and oxygen atoms in total. The average Bonchev–Trinajstić information content (AvgIpc) is 3.56. The Hall–Kier alpha value is -2.46. The summed E-state index contributed by atoms with van der Waals surface area (Å²) in [7, 11) is 1.82. The number of aliphatic imine (C=N–C) groups is 1. The number of fused-ring (bicyclic) bond motifs is 2. The average molecular weight is 544 g/mol. The van der Waals surface area contributed by atoms with Gasteiger partial charge in [-0.25, -0.2) is 9.67 Å². The number of benzene rings is 2. The van der Waals surface area contributed by atoms with Crippen LogP contribution in [0.25, 0.3) is 11.1 Å². The summed E-state index contributed by atoms with van der Waals surface area (Å²) in [5.41, 5.74) is 4.85. The molecule has 0 aliphatic carbocycles. The molecule has 2 bridgehead atoms. The highest BCUT2D eigenvalue weighted by atomic mass is 127. The van der Waals surface area contributed by atoms with Crippen LogP contribution in [0.5, 0.6) is 0 Å². The molecule has 2 aromatic carbocycles. The highest BCUT2D eigenvalue weighted by Gasteiger charge is 2.41. The molecule has 8 heteroatoms. The highest BCUT2D eigenvalue weighted by molar-refractivity contribution is 14.0. The number of nitrogens with zero attached hydrogens (tertiary/aromatic N) is 4. The normalized spacial score (nSPS) is 21.9. The predicted molar refractivity (Wildman–Crippen MR) is 136 cm³/mol. The second-order valence-electron chi connectivity index (χ2n) is 8.23. The van der Waals surface area contributed by atoms with E-state index in [2.05, 4.69) is 74.2 Å². The summed E-state index contributed by atoms with van der Waals surface area (Å²) in [5, 5.41) is 11.2. The standard InChI is InChI=1S/C24H28N6O.HI/c1-25-24(29-22-12-20-10-11-23(22)31-20)27-13-19-4-2-3-5-21(19)18-8-6-17(7-9-18)14-30-16-26-15-28-30;/h2-9,15-16,20,22-23H,10-14H2,1H3,(H2,25,27,29);1H. The Morgan fingerprint density at radius 2 is 2.00 bits per heavy atom. The van der Waals surface area contributed by atoms with Gasteiger partial charge in [-0.1, -0.05) is 48.5 Å². The lowest BCUT2D eigenvalue weighted by Gasteiger charge is -2.23. The molecule has 2 fully saturated rings. The van der Waals surface area contributed by atoms with E-state index in [1.807, 2.05) is 11.7 Å². The maximum absolute atomic E-state index is 5.96. The summed E-state index contributed by atoms with van der Waals surface area (Å²) in [6, 6.07) is 17.5. The Morgan fingerprint density at radius 3 is 2.69 bits per heavy atom. The maximum atomic E-state index is 5.96. The van der Waals surface area contributed by atoms with Gasteiger partial charge in [-0.05, 0) is 41.5 Å². The van der Waals surface area contributed by atoms with Crippen LogP contribution in [0.3, 0.4) is 0 Å². The van der Waals surface area contributed by atoms with Gasteiger partial charge in [0.25, 0.3) is 0 Å². The van der Waals surface area contributed by atoms with E-state index in [9.17, 15) is 0 Å². The molecule has 0 radical (unpaired) electrons. The van der Waals surface area contributed by atoms with Crippen LogP contribution in [-0.4, -0.2) is 46.0 Å². The number of ether oxygens (including phenoxy) is 1. The number of nitrogens with one attached hydrogen (secondary N) is 2. The van der Waals surface area contributed by atoms with Crippen LogP contribution in [-0.2, 0) is 17.8 Å². The second-order valence-corrected chi connectivity index (χ2v) is 8.23. The first kappa shape index (κ1) is 22.7. The smallest absolute Gasteiger partial charge is 0.191 e. The van der Waals surface area contributed by atoms with Gasteiger partial charge in [-0.2, -0.15) is 5.10 Å². The Morgan fingerprint density at radius 1 is 1.16 bits per heavy atom. The Labute approximate surface area is 205 Å². The van der Waals surface area contributed by atoms with Gasteiger partial charge in [0.1, 0.15) is 12.7 Å². The molecule has 0 saturated carbocycles. The molecule has 3 unspecified atom stereocenters. The molecular weight excluding hydrogens is 515 g/mol. The third-order valence-corrected chi connectivity index (χ3v) is 6.19. The molecule has 168 valence electrons. The van der Waals surface area contributed by atoms with E-state index in [-0.39, 0.29) is 24.0 Å². The van der Waals surface area contributed by atoms with Crippen molar-refractivity contribution in [2.75, 3.05) is 7.05 Å². The van der Waals surface area contributed by atoms with Crippen LogP contribution >= 0.6 is 24.0 Å². The maximum Gasteiger partial charge on any atom is 0.191 e. The van der Waals surface area contributed by atoms with Crippen molar-refractivity contribution in [2.45, 2.75) is 50.6 Å². The first-order valence-electron chi connectivity index (χ1n) is 10.9. The third kappa shape index (κ3) is 5.12. The zero-order chi connectivity index (χ0) is 21.0. The molecule has 5 rings (SSSR count). The van der Waals surface area contributed by atoms with Crippen molar-refractivity contribution in [1.82, 2.24) is 25.4 Å². The molecule has 2 N–H and O–H groups in total. The van der Waals surface area contributed by atoms with Gasteiger partial charge in [0, 0.05) is 13.6 Å². The molecule has 3 heterocycles. The zero-order valence-corrected chi connectivity index (χ0v) is 20.5. The minimum absolute atomic E-state index is 0. The number of aromatic nitrogens is 3. The Kier molecular flexibility index (Phi) is 7.41. The van der Waals surface area contributed by atoms with Gasteiger partial charge in [-0.15, -0.1) is 24.0 Å². The number of halogens is 1. The van der Waals surface area contributed by atoms with Crippen molar-refractivity contribution in [3.63, 3.8) is 0 Å². The van der Waals surface area contributed by atoms with Crippen molar-refractivity contribution in [3.05, 3.63) is 72.3 Å². The molecule has 32 heavy (non-hydrogen) atoms. The Balaban J connectivity index is 0.00000245. The summed E-state index contributed by atoms with van der Waals surface area (Å²) >= 11 is 0. The fraction of sp³-hybridized carbons (Fsp3) is 0.375. The lowest BCUT2D eigenvalue weighted by atomic mass is 9.96. The van der Waals surface area contributed by atoms with Crippen molar-refractivity contribution in [1.29, 1.82) is 0 Å². The molecule has 1 aromatic heterocycles. The van der Waals surface area contributed by atoms with Crippen LogP contribution in [0.4, 0.5) is 0 Å². The first-order chi connectivity index (χ1) is 15.3. The number of guanidine groups is 1. The first-order valence-corrected chi connectivity index (χ1v) is 10.9. The van der Waals surface area contributed by atoms with E-state index in [1.165, 1.54) is 28.7 Å². The van der Waals surface area contributed by atoms with Gasteiger partial charge in [-0.3, -0.25) is 4.99 Å². The van der Waals surface area contributed by atoms with Crippen LogP contribution in [0.2, 0.25) is 0 Å². The zero-order valence-electron chi connectivity index (χ0n) is 18.1. The lowest BCUT2D eigenvalue weighted by molar-refractivity contribution is 0.0992. The summed E-state index contributed by atoms with van der Waals surface area (Å²) in [6.45, 7) is 1.43. The molecule has 2 saturated heterocycles. The van der Waals surface area contributed by atoms with Gasteiger partial charge in [0.05, 0.1) is 24.8 Å². The van der Waals surface area contributed by atoms with E-state index >= 15 is 0 Å². The fourth-order valence-corrected chi connectivity index (χ4v) is 4.59. The summed E-state index contributed by atoms with van der Waals surface area (Å²) in [5.74, 6) is 0.833. The van der Waals surface area contributed by atoms with E-state index in [1.54, 1.807) is 12.7 Å². The van der Waals surface area contributed by atoms with E-state index in [0.717, 1.165) is 25.3 Å². The Bertz CT molecular complexity index is 1040. The van der Waals surface area contributed by atoms with Crippen LogP contribution in [0, 0.1) is 0 Å². The summed E-state index contributed by atoms with van der Waals surface area (Å²) in [6.07, 6.45) is 7.46. The van der Waals surface area contributed by atoms with Crippen LogP contribution < -0.4 is 10.6 Å². The van der Waals surface area contributed by atoms with Crippen molar-refractivity contribution in [2.24, 2.45) is 4.99 Å². The quantitative estimate of drug-likeness (QED) is 0.282. The van der Waals surface area contributed by atoms with E-state index in [0.29, 0.717) is 24.8 Å². The van der Waals surface area contributed by atoms with Crippen molar-refractivity contribution < 1.29 is 4.74 Å². The fourth-order valence-electron chi connectivity index (χ4n) is 4.59. The molecule has 2 aliphatic rings. The summed E-state index contributed by atoms with van der Waals surface area (Å²) in [4.78, 5) is 8.43. The molecule has 0 amide bonds. The number of hydrogen-bond acceptors (Lipinski definition) is 4. The monoisotopic (exact) mass is 544 g/mol. The largest absolute Gasteiger partial charge is 0.373 e. The minimum atomic E-state index is 0. The van der Waals surface area contributed by atoms with Crippen LogP contribution in [0.1, 0.15) is 30.4 Å². The molecule has 3 aromatic rings. The van der Waals surface area contributed by atoms with Gasteiger partial charge < -0.3 is 15.4 Å². The third-order valence-electron chi connectivity index (χ3n) is 6.19. The summed E-state index contributed by atoms with van der Waals surface area (Å²) < 4.78 is 7.78. The van der Waals surface area contributed by atoms with Gasteiger partial charge in [0.2, 0.25) is 0 Å². The predicted octanol–water partition coefficient (Wildman–Crippen LogP) is 3.60. The van der Waals surface area contributed by atoms with Crippen LogP contribution in [0.15, 0.2) is 66.2 Å². The lowest BCUT2D eigenvalue weighted by Crippen LogP contribution is -2.47. The van der Waals surface area contributed by atoms with Gasteiger partial charge >= 0.3 is 0 Å². The molecule has 3 atom stereocenters. The van der Waals surface area contributed by atoms with E-state index < -0.39 is 0 Å². The topological polar surface area (TPSA) is 76.4 Å². The van der Waals surface area contributed by atoms with Crippen molar-refractivity contribution >= 4 is 29.9 Å². The van der Waals surface area contributed by atoms with Crippen molar-refractivity contribution in [3.8, 4) is 11.1 Å². The second kappa shape index (κ2) is 10.4. The number of rotatable bonds is 6.